The molecule has 0 bridgehead atoms. The van der Waals surface area contributed by atoms with Gasteiger partial charge in [-0.05, 0) is 13.0 Å². The van der Waals surface area contributed by atoms with Crippen molar-refractivity contribution < 1.29 is 14.0 Å². The minimum absolute atomic E-state index is 0.111. The molecule has 0 aliphatic carbocycles. The van der Waals surface area contributed by atoms with Crippen LogP contribution in [0.3, 0.4) is 0 Å². The van der Waals surface area contributed by atoms with Gasteiger partial charge in [-0.25, -0.2) is 14.2 Å². The number of urea groups is 1. The van der Waals surface area contributed by atoms with E-state index in [9.17, 15) is 14.0 Å². The van der Waals surface area contributed by atoms with Crippen molar-refractivity contribution in [2.45, 2.75) is 25.7 Å². The van der Waals surface area contributed by atoms with Crippen molar-refractivity contribution >= 4 is 17.9 Å². The molecular weight excluding hydrogens is 349 g/mol. The topological polar surface area (TPSA) is 59.5 Å². The molecule has 8 heteroatoms. The molecule has 0 aromatic heterocycles. The molecule has 1 saturated heterocycles. The first-order chi connectivity index (χ1) is 12.9. The van der Waals surface area contributed by atoms with Crippen LogP contribution in [0.2, 0.25) is 0 Å². The molecule has 7 nitrogen and oxygen atoms in total. The van der Waals surface area contributed by atoms with E-state index in [0.29, 0.717) is 18.1 Å². The van der Waals surface area contributed by atoms with E-state index < -0.39 is 24.1 Å². The monoisotopic (exact) mass is 369 g/mol. The van der Waals surface area contributed by atoms with E-state index in [1.807, 2.05) is 18.0 Å². The summed E-state index contributed by atoms with van der Waals surface area (Å²) in [6, 6.07) is 5.01. The van der Waals surface area contributed by atoms with Crippen LogP contribution in [0.1, 0.15) is 12.5 Å². The first-order valence-corrected chi connectivity index (χ1v) is 8.68. The predicted octanol–water partition coefficient (Wildman–Crippen LogP) is 1.95. The Labute approximate surface area is 156 Å². The van der Waals surface area contributed by atoms with Gasteiger partial charge in [-0.15, -0.1) is 6.58 Å². The molecule has 140 valence electrons. The number of aliphatic imine (C=N–C) groups is 1. The summed E-state index contributed by atoms with van der Waals surface area (Å²) in [5, 5.41) is 0. The van der Waals surface area contributed by atoms with Crippen molar-refractivity contribution in [3.05, 3.63) is 60.2 Å². The summed E-state index contributed by atoms with van der Waals surface area (Å²) in [6.07, 6.45) is 3.01. The van der Waals surface area contributed by atoms with E-state index in [0.717, 1.165) is 10.6 Å². The van der Waals surface area contributed by atoms with Crippen LogP contribution in [0.4, 0.5) is 9.18 Å². The fourth-order valence-corrected chi connectivity index (χ4v) is 3.70. The number of carbonyl (C=O) groups excluding carboxylic acids is 2. The molecule has 27 heavy (non-hydrogen) atoms. The molecule has 3 heterocycles. The highest BCUT2D eigenvalue weighted by Crippen LogP contribution is 2.34. The third-order valence-corrected chi connectivity index (χ3v) is 5.10. The number of rotatable bonds is 4. The van der Waals surface area contributed by atoms with Crippen LogP contribution in [-0.2, 0) is 11.3 Å². The van der Waals surface area contributed by atoms with Crippen molar-refractivity contribution in [3.8, 4) is 0 Å². The summed E-state index contributed by atoms with van der Waals surface area (Å²) in [4.78, 5) is 36.8. The smallest absolute Gasteiger partial charge is 0.311 e. The molecule has 0 spiro atoms. The third-order valence-electron chi connectivity index (χ3n) is 5.10. The van der Waals surface area contributed by atoms with Gasteiger partial charge in [-0.3, -0.25) is 9.69 Å². The zero-order chi connectivity index (χ0) is 19.3. The number of hydrogen-bond donors (Lipinski definition) is 0. The molecular formula is C19H20FN5O2. The van der Waals surface area contributed by atoms with Crippen LogP contribution in [-0.4, -0.2) is 63.3 Å². The molecule has 1 aromatic carbocycles. The normalized spacial score (nSPS) is 24.1. The van der Waals surface area contributed by atoms with Gasteiger partial charge in [0.25, 0.3) is 5.91 Å². The number of fused-ring (bicyclic) bond motifs is 3. The van der Waals surface area contributed by atoms with Crippen molar-refractivity contribution in [1.82, 2.24) is 19.6 Å². The maximum Gasteiger partial charge on any atom is 0.328 e. The molecule has 3 aliphatic heterocycles. The molecule has 3 amide bonds. The number of hydrogen-bond acceptors (Lipinski definition) is 5. The third kappa shape index (κ3) is 2.51. The molecule has 0 N–H and O–H groups in total. The molecule has 0 saturated carbocycles. The Balaban J connectivity index is 1.66. The number of allylic oxidation sites excluding steroid dienone is 1. The van der Waals surface area contributed by atoms with Gasteiger partial charge in [-0.2, -0.15) is 0 Å². The van der Waals surface area contributed by atoms with Gasteiger partial charge in [0.1, 0.15) is 5.82 Å². The van der Waals surface area contributed by atoms with Gasteiger partial charge >= 0.3 is 6.03 Å². The summed E-state index contributed by atoms with van der Waals surface area (Å²) in [5.41, 5.74) is 1.24. The summed E-state index contributed by atoms with van der Waals surface area (Å²) in [7, 11) is 1.61. The lowest BCUT2D eigenvalue weighted by Crippen LogP contribution is -2.63. The molecule has 2 unspecified atom stereocenters. The number of halogens is 1. The van der Waals surface area contributed by atoms with Crippen molar-refractivity contribution in [1.29, 1.82) is 0 Å². The average Bonchev–Trinajstić information content (AvgIpc) is 3.15. The Kier molecular flexibility index (Phi) is 3.98. The zero-order valence-corrected chi connectivity index (χ0v) is 15.2. The second-order valence-electron chi connectivity index (χ2n) is 6.77. The Morgan fingerprint density at radius 3 is 2.70 bits per heavy atom. The summed E-state index contributed by atoms with van der Waals surface area (Å²) < 4.78 is 14.0. The van der Waals surface area contributed by atoms with Gasteiger partial charge in [-0.1, -0.05) is 24.3 Å². The summed E-state index contributed by atoms with van der Waals surface area (Å²) in [6.45, 7) is 6.13. The number of amides is 3. The predicted molar refractivity (Wildman–Crippen MR) is 97.6 cm³/mol. The van der Waals surface area contributed by atoms with Gasteiger partial charge in [0.2, 0.25) is 5.96 Å². The molecule has 1 fully saturated rings. The highest BCUT2D eigenvalue weighted by atomic mass is 19.1. The number of benzene rings is 1. The lowest BCUT2D eigenvalue weighted by Gasteiger charge is -2.40. The Hall–Kier alpha value is -3.16. The van der Waals surface area contributed by atoms with E-state index in [4.69, 9.17) is 0 Å². The van der Waals surface area contributed by atoms with Crippen molar-refractivity contribution in [2.75, 3.05) is 13.6 Å². The maximum absolute atomic E-state index is 14.0. The second kappa shape index (κ2) is 6.22. The number of nitrogens with zero attached hydrogens (tertiary/aromatic N) is 5. The van der Waals surface area contributed by atoms with Crippen molar-refractivity contribution in [2.24, 2.45) is 4.99 Å². The Bertz CT molecular complexity index is 896. The average molecular weight is 369 g/mol. The largest absolute Gasteiger partial charge is 0.328 e. The maximum atomic E-state index is 14.0. The van der Waals surface area contributed by atoms with Crippen LogP contribution < -0.4 is 0 Å². The van der Waals surface area contributed by atoms with Gasteiger partial charge < -0.3 is 14.7 Å². The van der Waals surface area contributed by atoms with Crippen LogP contribution in [0.25, 0.3) is 0 Å². The Morgan fingerprint density at radius 1 is 1.26 bits per heavy atom. The molecule has 3 aliphatic rings. The highest BCUT2D eigenvalue weighted by molar-refractivity contribution is 6.04. The fraction of sp³-hybridized carbons (Fsp3) is 0.316. The number of carbonyl (C=O) groups is 2. The van der Waals surface area contributed by atoms with E-state index >= 15 is 0 Å². The lowest BCUT2D eigenvalue weighted by molar-refractivity contribution is -0.137. The van der Waals surface area contributed by atoms with Gasteiger partial charge in [0, 0.05) is 31.1 Å². The molecule has 1 aromatic rings. The quantitative estimate of drug-likeness (QED) is 0.762. The van der Waals surface area contributed by atoms with Crippen LogP contribution in [0.5, 0.6) is 0 Å². The first kappa shape index (κ1) is 17.3. The highest BCUT2D eigenvalue weighted by Gasteiger charge is 2.54. The van der Waals surface area contributed by atoms with Crippen LogP contribution in [0, 0.1) is 5.82 Å². The van der Waals surface area contributed by atoms with Gasteiger partial charge in [0.15, 0.2) is 12.2 Å². The van der Waals surface area contributed by atoms with Crippen molar-refractivity contribution in [3.63, 3.8) is 0 Å². The van der Waals surface area contributed by atoms with Crippen LogP contribution in [0.15, 0.2) is 53.8 Å². The van der Waals surface area contributed by atoms with Gasteiger partial charge in [0.05, 0.1) is 6.54 Å². The van der Waals surface area contributed by atoms with E-state index in [1.54, 1.807) is 36.2 Å². The number of guanidine groups is 1. The number of imide groups is 1. The van der Waals surface area contributed by atoms with Crippen LogP contribution >= 0.6 is 0 Å². The standard InChI is InChI=1S/C19H20FN5O2/c1-4-9-23-12(2)10-24-15-16(21-18(23)24)22(3)19(27)25(17(15)26)11-13-7-5-6-8-14(13)20/h4-8,10,15-16H,1,9,11H2,2-3H3. The SMILES string of the molecule is C=CCN1C(C)=CN2C1=NC1C2C(=O)N(Cc2ccccc2F)C(=O)N1C. The lowest BCUT2D eigenvalue weighted by atomic mass is 10.1. The molecule has 4 rings (SSSR count). The first-order valence-electron chi connectivity index (χ1n) is 8.68. The minimum atomic E-state index is -0.653. The number of likely N-dealkylation sites (N-methyl/N-ethyl adjacent to an activating group) is 1. The second-order valence-corrected chi connectivity index (χ2v) is 6.77. The van der Waals surface area contributed by atoms with E-state index in [-0.39, 0.29) is 12.5 Å². The Morgan fingerprint density at radius 2 is 2.00 bits per heavy atom. The minimum Gasteiger partial charge on any atom is -0.311 e. The molecule has 2 atom stereocenters. The summed E-state index contributed by atoms with van der Waals surface area (Å²) in [5.74, 6) is -0.196. The van der Waals surface area contributed by atoms with E-state index in [1.165, 1.54) is 11.0 Å². The van der Waals surface area contributed by atoms with E-state index in [2.05, 4.69) is 11.6 Å². The molecule has 0 radical (unpaired) electrons. The summed E-state index contributed by atoms with van der Waals surface area (Å²) >= 11 is 0. The fourth-order valence-electron chi connectivity index (χ4n) is 3.70. The zero-order valence-electron chi connectivity index (χ0n) is 15.2.